The van der Waals surface area contributed by atoms with Crippen molar-refractivity contribution in [3.05, 3.63) is 122 Å². The van der Waals surface area contributed by atoms with Gasteiger partial charge in [-0.1, -0.05) is 219 Å². The Morgan fingerprint density at radius 2 is 0.580 bits per heavy atom. The number of hydrogen-bond donors (Lipinski definition) is 0. The molecule has 0 aliphatic rings. The van der Waals surface area contributed by atoms with Crippen molar-refractivity contribution in [3.8, 4) is 0 Å². The molecule has 0 aromatic carbocycles. The number of ether oxygens (including phenoxy) is 3. The zero-order valence-electron chi connectivity index (χ0n) is 44.5. The largest absolute Gasteiger partial charge is 0.462 e. The molecule has 0 aliphatic carbocycles. The van der Waals surface area contributed by atoms with E-state index in [1.165, 1.54) is 103 Å². The molecule has 0 fully saturated rings. The zero-order valence-corrected chi connectivity index (χ0v) is 44.5. The molecule has 0 aliphatic heterocycles. The standard InChI is InChI=1S/C63H102O6/c1-4-7-10-13-16-19-22-25-28-31-34-37-40-43-46-49-52-55-61(64)67-58-60(69-63(66)57-54-51-48-45-42-39-36-33-30-27-24-21-18-15-12-9-6-3)59-68-62(65)56-53-50-47-44-41-38-35-32-29-26-23-20-17-14-11-8-5-2/h9,12,16,18-19,21,25-30,34,36-37,39,43,45-46,48,60H,4-8,10-11,13-15,17,20,22-24,31-33,35,38,40-42,44,47,49-59H2,1-3H3/b12-9-,19-16-,21-18-,28-25-,29-26-,30-27-,37-34-,39-36-,46-43-,48-45-/t60-/m1/s1. The van der Waals surface area contributed by atoms with E-state index in [4.69, 9.17) is 14.2 Å². The van der Waals surface area contributed by atoms with Gasteiger partial charge < -0.3 is 14.2 Å². The molecule has 0 heterocycles. The summed E-state index contributed by atoms with van der Waals surface area (Å²) < 4.78 is 16.7. The Balaban J connectivity index is 4.58. The molecule has 1 atom stereocenters. The molecule has 0 unspecified atom stereocenters. The summed E-state index contributed by atoms with van der Waals surface area (Å²) in [6, 6.07) is 0. The summed E-state index contributed by atoms with van der Waals surface area (Å²) in [4.78, 5) is 38.1. The average Bonchev–Trinajstić information content (AvgIpc) is 3.35. The molecule has 0 aromatic heterocycles. The van der Waals surface area contributed by atoms with Crippen molar-refractivity contribution in [1.29, 1.82) is 0 Å². The average molecular weight is 956 g/mol. The molecule has 0 radical (unpaired) electrons. The van der Waals surface area contributed by atoms with Crippen LogP contribution in [0.4, 0.5) is 0 Å². The number of rotatable bonds is 49. The molecule has 6 heteroatoms. The summed E-state index contributed by atoms with van der Waals surface area (Å²) in [6.07, 6.45) is 77.7. The van der Waals surface area contributed by atoms with Gasteiger partial charge in [0.25, 0.3) is 0 Å². The number of carbonyl (C=O) groups excluding carboxylic acids is 3. The molecule has 69 heavy (non-hydrogen) atoms. The fourth-order valence-corrected chi connectivity index (χ4v) is 7.23. The van der Waals surface area contributed by atoms with E-state index >= 15 is 0 Å². The van der Waals surface area contributed by atoms with Crippen LogP contribution in [0.5, 0.6) is 0 Å². The molecule has 0 rings (SSSR count). The molecular formula is C63H102O6. The van der Waals surface area contributed by atoms with Crippen LogP contribution in [-0.4, -0.2) is 37.2 Å². The van der Waals surface area contributed by atoms with Crippen molar-refractivity contribution in [2.24, 2.45) is 0 Å². The van der Waals surface area contributed by atoms with E-state index < -0.39 is 6.10 Å². The third kappa shape index (κ3) is 54.6. The van der Waals surface area contributed by atoms with Gasteiger partial charge in [0.2, 0.25) is 0 Å². The van der Waals surface area contributed by atoms with Gasteiger partial charge >= 0.3 is 17.9 Å². The predicted molar refractivity (Wildman–Crippen MR) is 297 cm³/mol. The maximum absolute atomic E-state index is 12.8. The lowest BCUT2D eigenvalue weighted by Crippen LogP contribution is -2.30. The van der Waals surface area contributed by atoms with Crippen LogP contribution in [-0.2, 0) is 28.6 Å². The summed E-state index contributed by atoms with van der Waals surface area (Å²) in [6.45, 7) is 6.39. The fraction of sp³-hybridized carbons (Fsp3) is 0.635. The first-order valence-electron chi connectivity index (χ1n) is 28.0. The summed E-state index contributed by atoms with van der Waals surface area (Å²) in [5, 5.41) is 0. The van der Waals surface area contributed by atoms with Gasteiger partial charge in [-0.25, -0.2) is 0 Å². The third-order valence-electron chi connectivity index (χ3n) is 11.4. The minimum Gasteiger partial charge on any atom is -0.462 e. The third-order valence-corrected chi connectivity index (χ3v) is 11.4. The molecule has 0 saturated heterocycles. The number of allylic oxidation sites excluding steroid dienone is 20. The van der Waals surface area contributed by atoms with Crippen LogP contribution in [0.2, 0.25) is 0 Å². The Labute approximate surface area is 424 Å². The fourth-order valence-electron chi connectivity index (χ4n) is 7.23. The SMILES string of the molecule is CC/C=C\C/C=C\C/C=C\C/C=C\C/C=C\CCCC(=O)O[C@H](COC(=O)CCC/C=C\C/C=C\C/C=C\C/C=C\CCCCC)COC(=O)CCCCCCCCC/C=C\CCCCCCCC. The number of hydrogen-bond acceptors (Lipinski definition) is 6. The van der Waals surface area contributed by atoms with Crippen molar-refractivity contribution in [2.75, 3.05) is 13.2 Å². The number of carbonyl (C=O) groups is 3. The topological polar surface area (TPSA) is 78.9 Å². The molecule has 0 saturated carbocycles. The Bertz CT molecular complexity index is 1470. The van der Waals surface area contributed by atoms with E-state index in [2.05, 4.69) is 142 Å². The predicted octanol–water partition coefficient (Wildman–Crippen LogP) is 18.9. The van der Waals surface area contributed by atoms with Gasteiger partial charge in [0.1, 0.15) is 13.2 Å². The van der Waals surface area contributed by atoms with Gasteiger partial charge in [-0.3, -0.25) is 14.4 Å². The Kier molecular flexibility index (Phi) is 53.0. The first-order chi connectivity index (χ1) is 34.0. The van der Waals surface area contributed by atoms with E-state index in [9.17, 15) is 14.4 Å². The highest BCUT2D eigenvalue weighted by Crippen LogP contribution is 2.13. The molecule has 390 valence electrons. The van der Waals surface area contributed by atoms with Crippen molar-refractivity contribution in [1.82, 2.24) is 0 Å². The van der Waals surface area contributed by atoms with Crippen LogP contribution in [0.1, 0.15) is 239 Å². The van der Waals surface area contributed by atoms with E-state index in [-0.39, 0.29) is 44.0 Å². The molecule has 0 bridgehead atoms. The maximum atomic E-state index is 12.8. The minimum absolute atomic E-state index is 0.123. The molecular weight excluding hydrogens is 853 g/mol. The van der Waals surface area contributed by atoms with E-state index in [0.29, 0.717) is 19.3 Å². The van der Waals surface area contributed by atoms with Crippen LogP contribution >= 0.6 is 0 Å². The lowest BCUT2D eigenvalue weighted by atomic mass is 10.1. The monoisotopic (exact) mass is 955 g/mol. The molecule has 0 aromatic rings. The second-order valence-corrected chi connectivity index (χ2v) is 18.1. The van der Waals surface area contributed by atoms with E-state index in [1.807, 2.05) is 0 Å². The van der Waals surface area contributed by atoms with Gasteiger partial charge in [0.15, 0.2) is 6.10 Å². The minimum atomic E-state index is -0.835. The summed E-state index contributed by atoms with van der Waals surface area (Å²) in [7, 11) is 0. The Morgan fingerprint density at radius 3 is 0.986 bits per heavy atom. The smallest absolute Gasteiger partial charge is 0.306 e. The van der Waals surface area contributed by atoms with Crippen LogP contribution in [0.3, 0.4) is 0 Å². The van der Waals surface area contributed by atoms with Crippen LogP contribution in [0.25, 0.3) is 0 Å². The highest BCUT2D eigenvalue weighted by atomic mass is 16.6. The normalized spacial score (nSPS) is 13.0. The summed E-state index contributed by atoms with van der Waals surface area (Å²) in [5.41, 5.74) is 0. The van der Waals surface area contributed by atoms with Gasteiger partial charge in [-0.15, -0.1) is 0 Å². The summed E-state index contributed by atoms with van der Waals surface area (Å²) in [5.74, 6) is -1.05. The summed E-state index contributed by atoms with van der Waals surface area (Å²) >= 11 is 0. The van der Waals surface area contributed by atoms with Gasteiger partial charge in [-0.2, -0.15) is 0 Å². The van der Waals surface area contributed by atoms with Crippen molar-refractivity contribution in [2.45, 2.75) is 245 Å². The first kappa shape index (κ1) is 64.8. The highest BCUT2D eigenvalue weighted by Gasteiger charge is 2.19. The van der Waals surface area contributed by atoms with Crippen LogP contribution < -0.4 is 0 Å². The second kappa shape index (κ2) is 56.4. The molecule has 6 nitrogen and oxygen atoms in total. The van der Waals surface area contributed by atoms with Crippen LogP contribution in [0, 0.1) is 0 Å². The van der Waals surface area contributed by atoms with Gasteiger partial charge in [0, 0.05) is 19.3 Å². The number of unbranched alkanes of at least 4 members (excludes halogenated alkanes) is 18. The quantitative estimate of drug-likeness (QED) is 0.0262. The van der Waals surface area contributed by atoms with E-state index in [1.54, 1.807) is 0 Å². The lowest BCUT2D eigenvalue weighted by Gasteiger charge is -2.18. The van der Waals surface area contributed by atoms with Crippen LogP contribution in [0.15, 0.2) is 122 Å². The zero-order chi connectivity index (χ0) is 50.0. The van der Waals surface area contributed by atoms with Gasteiger partial charge in [0.05, 0.1) is 0 Å². The molecule has 0 amide bonds. The maximum Gasteiger partial charge on any atom is 0.306 e. The second-order valence-electron chi connectivity index (χ2n) is 18.1. The molecule has 0 N–H and O–H groups in total. The highest BCUT2D eigenvalue weighted by molar-refractivity contribution is 5.71. The number of esters is 3. The Hall–Kier alpha value is -4.19. The van der Waals surface area contributed by atoms with E-state index in [0.717, 1.165) is 83.5 Å². The van der Waals surface area contributed by atoms with Crippen molar-refractivity contribution < 1.29 is 28.6 Å². The lowest BCUT2D eigenvalue weighted by molar-refractivity contribution is -0.167. The first-order valence-corrected chi connectivity index (χ1v) is 28.0. The Morgan fingerprint density at radius 1 is 0.304 bits per heavy atom. The molecule has 0 spiro atoms. The van der Waals surface area contributed by atoms with Gasteiger partial charge in [-0.05, 0) is 122 Å². The van der Waals surface area contributed by atoms with Crippen molar-refractivity contribution in [3.63, 3.8) is 0 Å². The van der Waals surface area contributed by atoms with Crippen molar-refractivity contribution >= 4 is 17.9 Å².